The van der Waals surface area contributed by atoms with Crippen LogP contribution in [0.15, 0.2) is 36.5 Å². The number of aliphatic hydroxyl groups is 4. The van der Waals surface area contributed by atoms with Crippen LogP contribution in [-0.2, 0) is 4.79 Å². The smallest absolute Gasteiger partial charge is 0.249 e. The lowest BCUT2D eigenvalue weighted by atomic mass is 10.00. The minimum atomic E-state index is -1.29. The minimum absolute atomic E-state index is 0.345. The SMILES string of the molecule is CCCCCCCCC/C=C\CCCCCCC(O)C(=O)NC(CO)C(O)C(O)CCC/C=C/CC/C=C/CCCCCCCCCC. The Morgan fingerprint density at radius 2 is 0.875 bits per heavy atom. The van der Waals surface area contributed by atoms with Gasteiger partial charge in [0.15, 0.2) is 0 Å². The van der Waals surface area contributed by atoms with E-state index in [0.29, 0.717) is 19.3 Å². The Hall–Kier alpha value is -1.47. The van der Waals surface area contributed by atoms with E-state index >= 15 is 0 Å². The Labute approximate surface area is 297 Å². The quantitative estimate of drug-likeness (QED) is 0.0335. The van der Waals surface area contributed by atoms with E-state index in [2.05, 4.69) is 55.6 Å². The first-order valence-electron chi connectivity index (χ1n) is 20.4. The second-order valence-corrected chi connectivity index (χ2v) is 14.0. The van der Waals surface area contributed by atoms with Crippen molar-refractivity contribution in [2.75, 3.05) is 6.61 Å². The second-order valence-electron chi connectivity index (χ2n) is 14.0. The lowest BCUT2D eigenvalue weighted by Crippen LogP contribution is -2.53. The van der Waals surface area contributed by atoms with E-state index in [0.717, 1.165) is 51.4 Å². The van der Waals surface area contributed by atoms with Crippen LogP contribution in [0.25, 0.3) is 0 Å². The molecule has 4 atom stereocenters. The molecule has 0 aromatic carbocycles. The third-order valence-corrected chi connectivity index (χ3v) is 9.30. The van der Waals surface area contributed by atoms with Gasteiger partial charge in [-0.1, -0.05) is 153 Å². The van der Waals surface area contributed by atoms with Crippen LogP contribution < -0.4 is 5.32 Å². The Kier molecular flexibility index (Phi) is 35.7. The average Bonchev–Trinajstić information content (AvgIpc) is 3.09. The molecule has 0 radical (unpaired) electrons. The first-order valence-corrected chi connectivity index (χ1v) is 20.4. The molecule has 48 heavy (non-hydrogen) atoms. The lowest BCUT2D eigenvalue weighted by Gasteiger charge is -2.27. The summed E-state index contributed by atoms with van der Waals surface area (Å²) in [6, 6.07) is -1.01. The number of aliphatic hydroxyl groups excluding tert-OH is 4. The van der Waals surface area contributed by atoms with Gasteiger partial charge in [0.1, 0.15) is 12.2 Å². The highest BCUT2D eigenvalue weighted by atomic mass is 16.3. The Balaban J connectivity index is 3.88. The summed E-state index contributed by atoms with van der Waals surface area (Å²) in [6.45, 7) is 4.01. The van der Waals surface area contributed by atoms with Crippen LogP contribution in [0.2, 0.25) is 0 Å². The number of carbonyl (C=O) groups excluding carboxylic acids is 1. The zero-order chi connectivity index (χ0) is 35.3. The van der Waals surface area contributed by atoms with Crippen LogP contribution in [-0.4, -0.2) is 57.3 Å². The molecule has 6 heteroatoms. The van der Waals surface area contributed by atoms with Gasteiger partial charge < -0.3 is 25.7 Å². The van der Waals surface area contributed by atoms with Crippen molar-refractivity contribution in [3.8, 4) is 0 Å². The summed E-state index contributed by atoms with van der Waals surface area (Å²) in [5.41, 5.74) is 0. The summed E-state index contributed by atoms with van der Waals surface area (Å²) >= 11 is 0. The number of amides is 1. The molecule has 0 rings (SSSR count). The number of hydrogen-bond donors (Lipinski definition) is 5. The molecular weight excluding hydrogens is 598 g/mol. The van der Waals surface area contributed by atoms with Gasteiger partial charge in [-0.2, -0.15) is 0 Å². The molecule has 0 bridgehead atoms. The van der Waals surface area contributed by atoms with Crippen LogP contribution in [0, 0.1) is 0 Å². The molecule has 0 saturated heterocycles. The van der Waals surface area contributed by atoms with Crippen molar-refractivity contribution in [3.63, 3.8) is 0 Å². The van der Waals surface area contributed by atoms with E-state index in [1.54, 1.807) is 0 Å². The van der Waals surface area contributed by atoms with Gasteiger partial charge in [-0.25, -0.2) is 0 Å². The zero-order valence-corrected chi connectivity index (χ0v) is 31.5. The molecule has 0 heterocycles. The van der Waals surface area contributed by atoms with Crippen LogP contribution in [0.4, 0.5) is 0 Å². The maximum atomic E-state index is 12.5. The van der Waals surface area contributed by atoms with Crippen molar-refractivity contribution in [2.45, 2.75) is 218 Å². The number of allylic oxidation sites excluding steroid dienone is 6. The van der Waals surface area contributed by atoms with Gasteiger partial charge in [-0.15, -0.1) is 0 Å². The molecule has 6 nitrogen and oxygen atoms in total. The number of rotatable bonds is 36. The van der Waals surface area contributed by atoms with Gasteiger partial charge in [-0.05, 0) is 77.0 Å². The summed E-state index contributed by atoms with van der Waals surface area (Å²) < 4.78 is 0. The van der Waals surface area contributed by atoms with Gasteiger partial charge in [0.05, 0.1) is 18.8 Å². The molecule has 0 aliphatic carbocycles. The summed E-state index contributed by atoms with van der Waals surface area (Å²) in [4.78, 5) is 12.5. The number of hydrogen-bond acceptors (Lipinski definition) is 5. The third-order valence-electron chi connectivity index (χ3n) is 9.30. The molecule has 4 unspecified atom stereocenters. The monoisotopic (exact) mass is 678 g/mol. The van der Waals surface area contributed by atoms with Crippen molar-refractivity contribution >= 4 is 5.91 Å². The number of carbonyl (C=O) groups is 1. The van der Waals surface area contributed by atoms with E-state index in [1.165, 1.54) is 109 Å². The molecule has 1 amide bonds. The fourth-order valence-electron chi connectivity index (χ4n) is 6.00. The number of unbranched alkanes of at least 4 members (excludes halogenated alkanes) is 21. The van der Waals surface area contributed by atoms with Crippen molar-refractivity contribution in [1.29, 1.82) is 0 Å². The Morgan fingerprint density at radius 3 is 1.31 bits per heavy atom. The van der Waals surface area contributed by atoms with Crippen molar-refractivity contribution in [3.05, 3.63) is 36.5 Å². The first-order chi connectivity index (χ1) is 23.5. The molecule has 282 valence electrons. The topological polar surface area (TPSA) is 110 Å². The lowest BCUT2D eigenvalue weighted by molar-refractivity contribution is -0.132. The Morgan fingerprint density at radius 1 is 0.500 bits per heavy atom. The molecule has 0 spiro atoms. The van der Waals surface area contributed by atoms with Crippen molar-refractivity contribution in [1.82, 2.24) is 5.32 Å². The highest BCUT2D eigenvalue weighted by Gasteiger charge is 2.28. The fraction of sp³-hybridized carbons (Fsp3) is 0.833. The molecule has 0 aromatic heterocycles. The highest BCUT2D eigenvalue weighted by molar-refractivity contribution is 5.80. The Bertz CT molecular complexity index is 767. The van der Waals surface area contributed by atoms with Crippen molar-refractivity contribution in [2.24, 2.45) is 0 Å². The standard InChI is InChI=1S/C42H79NO5/c1-3-5-7-9-11-13-15-17-19-20-22-23-25-27-29-31-33-35-39(45)41(47)38(37-44)43-42(48)40(46)36-34-32-30-28-26-24-21-18-16-14-12-10-8-6-4-2/h20-22,24,27,29,38-41,44-47H,3-19,23,25-26,28,30-37H2,1-2H3,(H,43,48)/b22-20+,24-21-,29-27+. The molecule has 0 fully saturated rings. The third kappa shape index (κ3) is 30.6. The zero-order valence-electron chi connectivity index (χ0n) is 31.5. The van der Waals surface area contributed by atoms with Gasteiger partial charge in [0, 0.05) is 0 Å². The van der Waals surface area contributed by atoms with Crippen molar-refractivity contribution < 1.29 is 25.2 Å². The van der Waals surface area contributed by atoms with Crippen LogP contribution >= 0.6 is 0 Å². The maximum absolute atomic E-state index is 12.5. The average molecular weight is 678 g/mol. The molecule has 5 N–H and O–H groups in total. The fourth-order valence-corrected chi connectivity index (χ4v) is 6.00. The predicted molar refractivity (Wildman–Crippen MR) is 205 cm³/mol. The largest absolute Gasteiger partial charge is 0.394 e. The summed E-state index contributed by atoms with van der Waals surface area (Å²) in [5, 5.41) is 43.5. The molecule has 0 aliphatic rings. The molecule has 0 saturated carbocycles. The minimum Gasteiger partial charge on any atom is -0.394 e. The van der Waals surface area contributed by atoms with Gasteiger partial charge >= 0.3 is 0 Å². The first kappa shape index (κ1) is 46.5. The normalized spacial score (nSPS) is 14.7. The van der Waals surface area contributed by atoms with E-state index in [1.807, 2.05) is 0 Å². The van der Waals surface area contributed by atoms with E-state index < -0.39 is 36.9 Å². The molecule has 0 aromatic rings. The van der Waals surface area contributed by atoms with E-state index in [-0.39, 0.29) is 0 Å². The molecule has 0 aliphatic heterocycles. The van der Waals surface area contributed by atoms with Gasteiger partial charge in [0.25, 0.3) is 0 Å². The van der Waals surface area contributed by atoms with Crippen LogP contribution in [0.5, 0.6) is 0 Å². The maximum Gasteiger partial charge on any atom is 0.249 e. The summed E-state index contributed by atoms with van der Waals surface area (Å²) in [7, 11) is 0. The van der Waals surface area contributed by atoms with E-state index in [9.17, 15) is 25.2 Å². The van der Waals surface area contributed by atoms with Crippen LogP contribution in [0.1, 0.15) is 194 Å². The predicted octanol–water partition coefficient (Wildman–Crippen LogP) is 10.2. The van der Waals surface area contributed by atoms with Gasteiger partial charge in [-0.3, -0.25) is 4.79 Å². The van der Waals surface area contributed by atoms with E-state index in [4.69, 9.17) is 0 Å². The number of nitrogens with one attached hydrogen (secondary N) is 1. The summed E-state index contributed by atoms with van der Waals surface area (Å²) in [5.74, 6) is -0.608. The van der Waals surface area contributed by atoms with Gasteiger partial charge in [0.2, 0.25) is 5.91 Å². The summed E-state index contributed by atoms with van der Waals surface area (Å²) in [6.07, 6.45) is 41.7. The highest BCUT2D eigenvalue weighted by Crippen LogP contribution is 2.13. The van der Waals surface area contributed by atoms with Crippen LogP contribution in [0.3, 0.4) is 0 Å². The second kappa shape index (κ2) is 36.8. The molecular formula is C42H79NO5.